The number of halogens is 1. The van der Waals surface area contributed by atoms with Crippen molar-refractivity contribution in [1.29, 1.82) is 0 Å². The van der Waals surface area contributed by atoms with Crippen LogP contribution in [0.15, 0.2) is 11.0 Å². The minimum Gasteiger partial charge on any atom is -0.388 e. The van der Waals surface area contributed by atoms with Crippen molar-refractivity contribution in [1.82, 2.24) is 9.55 Å². The molecule has 17 heavy (non-hydrogen) atoms. The highest BCUT2D eigenvalue weighted by atomic mass is 32.1. The second-order valence-electron chi connectivity index (χ2n) is 3.86. The molecule has 4 atom stereocenters. The van der Waals surface area contributed by atoms with Gasteiger partial charge in [-0.2, -0.15) is 4.39 Å². The molecule has 1 aromatic rings. The van der Waals surface area contributed by atoms with E-state index in [4.69, 9.17) is 17.0 Å². The van der Waals surface area contributed by atoms with E-state index in [1.54, 1.807) is 6.92 Å². The van der Waals surface area contributed by atoms with Gasteiger partial charge in [-0.3, -0.25) is 14.3 Å². The predicted molar refractivity (Wildman–Crippen MR) is 57.4 cm³/mol. The third-order valence-electron chi connectivity index (χ3n) is 2.68. The van der Waals surface area contributed by atoms with Crippen LogP contribution in [-0.4, -0.2) is 38.1 Å². The highest BCUT2D eigenvalue weighted by Gasteiger charge is 2.41. The maximum absolute atomic E-state index is 13.1. The van der Waals surface area contributed by atoms with Gasteiger partial charge >= 0.3 is 0 Å². The summed E-state index contributed by atoms with van der Waals surface area (Å²) in [6, 6.07) is 0. The van der Waals surface area contributed by atoms with Crippen LogP contribution in [0.3, 0.4) is 0 Å². The number of nitrogens with one attached hydrogen (secondary N) is 1. The number of aromatic amines is 1. The van der Waals surface area contributed by atoms with Crippen LogP contribution in [0.2, 0.25) is 0 Å². The van der Waals surface area contributed by atoms with Crippen molar-refractivity contribution in [2.75, 3.05) is 0 Å². The lowest BCUT2D eigenvalue weighted by Gasteiger charge is -2.18. The zero-order valence-electron chi connectivity index (χ0n) is 8.83. The largest absolute Gasteiger partial charge is 0.388 e. The van der Waals surface area contributed by atoms with Crippen LogP contribution in [0.5, 0.6) is 0 Å². The summed E-state index contributed by atoms with van der Waals surface area (Å²) in [7, 11) is 0. The first kappa shape index (κ1) is 12.4. The minimum absolute atomic E-state index is 0.0817. The molecule has 1 aliphatic rings. The number of aliphatic hydroxyl groups excluding tert-OH is 2. The van der Waals surface area contributed by atoms with Gasteiger partial charge in [-0.25, -0.2) is 0 Å². The fraction of sp³-hybridized carbons (Fsp3) is 0.556. The van der Waals surface area contributed by atoms with E-state index < -0.39 is 35.9 Å². The van der Waals surface area contributed by atoms with E-state index in [0.29, 0.717) is 0 Å². The molecule has 0 aromatic carbocycles. The Morgan fingerprint density at radius 2 is 2.18 bits per heavy atom. The predicted octanol–water partition coefficient (Wildman–Crippen LogP) is -0.316. The molecule has 1 saturated heterocycles. The molecule has 0 bridgehead atoms. The summed E-state index contributed by atoms with van der Waals surface area (Å²) in [6.45, 7) is 1.57. The first-order chi connectivity index (χ1) is 7.91. The monoisotopic (exact) mass is 262 g/mol. The number of aromatic nitrogens is 2. The number of hydrogen-bond acceptors (Lipinski definition) is 5. The van der Waals surface area contributed by atoms with Crippen LogP contribution in [0.4, 0.5) is 4.39 Å². The number of hydrogen-bond donors (Lipinski definition) is 3. The quantitative estimate of drug-likeness (QED) is 0.604. The van der Waals surface area contributed by atoms with E-state index in [1.807, 2.05) is 0 Å². The van der Waals surface area contributed by atoms with Gasteiger partial charge in [0.2, 0.25) is 5.82 Å². The Labute approximate surface area is 100 Å². The molecule has 0 saturated carbocycles. The van der Waals surface area contributed by atoms with Gasteiger partial charge in [0, 0.05) is 0 Å². The Morgan fingerprint density at radius 1 is 1.53 bits per heavy atom. The maximum atomic E-state index is 13.1. The number of rotatable bonds is 1. The topological polar surface area (TPSA) is 87.5 Å². The fourth-order valence-corrected chi connectivity index (χ4v) is 1.96. The first-order valence-electron chi connectivity index (χ1n) is 4.94. The summed E-state index contributed by atoms with van der Waals surface area (Å²) in [5.41, 5.74) is -0.938. The van der Waals surface area contributed by atoms with Crippen LogP contribution in [0.25, 0.3) is 0 Å². The summed E-state index contributed by atoms with van der Waals surface area (Å²) < 4.78 is 19.4. The number of H-pyrrole nitrogens is 1. The molecule has 8 heteroatoms. The van der Waals surface area contributed by atoms with E-state index in [9.17, 15) is 19.4 Å². The Balaban J connectivity index is 2.46. The molecule has 1 aliphatic heterocycles. The Kier molecular flexibility index (Phi) is 3.13. The van der Waals surface area contributed by atoms with Crippen LogP contribution in [-0.2, 0) is 4.74 Å². The van der Waals surface area contributed by atoms with Crippen molar-refractivity contribution >= 4 is 12.2 Å². The van der Waals surface area contributed by atoms with E-state index in [1.165, 1.54) is 0 Å². The van der Waals surface area contributed by atoms with Crippen molar-refractivity contribution in [3.63, 3.8) is 0 Å². The average molecular weight is 262 g/mol. The lowest BCUT2D eigenvalue weighted by molar-refractivity contribution is -0.0345. The molecule has 0 unspecified atom stereocenters. The number of ether oxygens (including phenoxy) is 1. The van der Waals surface area contributed by atoms with Crippen molar-refractivity contribution in [3.8, 4) is 0 Å². The van der Waals surface area contributed by atoms with Crippen molar-refractivity contribution in [2.45, 2.75) is 31.5 Å². The van der Waals surface area contributed by atoms with Gasteiger partial charge in [0.25, 0.3) is 5.56 Å². The third kappa shape index (κ3) is 2.04. The van der Waals surface area contributed by atoms with E-state index in [-0.39, 0.29) is 4.77 Å². The van der Waals surface area contributed by atoms with Gasteiger partial charge in [-0.05, 0) is 19.1 Å². The van der Waals surface area contributed by atoms with E-state index >= 15 is 0 Å². The smallest absolute Gasteiger partial charge is 0.287 e. The van der Waals surface area contributed by atoms with Gasteiger partial charge in [0.15, 0.2) is 11.0 Å². The fourth-order valence-electron chi connectivity index (χ4n) is 1.71. The molecule has 0 amide bonds. The molecular formula is C9H11FN2O4S. The summed E-state index contributed by atoms with van der Waals surface area (Å²) in [5.74, 6) is -1.04. The van der Waals surface area contributed by atoms with E-state index in [0.717, 1.165) is 10.8 Å². The van der Waals surface area contributed by atoms with Crippen LogP contribution in [0, 0.1) is 10.6 Å². The molecule has 0 spiro atoms. The second kappa shape index (κ2) is 4.30. The first-order valence-corrected chi connectivity index (χ1v) is 5.35. The highest BCUT2D eigenvalue weighted by molar-refractivity contribution is 7.71. The molecule has 2 heterocycles. The highest BCUT2D eigenvalue weighted by Crippen LogP contribution is 2.28. The molecule has 6 nitrogen and oxygen atoms in total. The summed E-state index contributed by atoms with van der Waals surface area (Å²) in [5, 5.41) is 19.2. The normalized spacial score (nSPS) is 32.9. The zero-order chi connectivity index (χ0) is 12.7. The summed E-state index contributed by atoms with van der Waals surface area (Å²) >= 11 is 4.83. The lowest BCUT2D eigenvalue weighted by Crippen LogP contribution is -2.31. The minimum atomic E-state index is -1.23. The van der Waals surface area contributed by atoms with Crippen molar-refractivity contribution < 1.29 is 19.3 Å². The van der Waals surface area contributed by atoms with Crippen LogP contribution in [0.1, 0.15) is 13.2 Å². The number of nitrogens with zero attached hydrogens (tertiary/aromatic N) is 1. The molecular weight excluding hydrogens is 251 g/mol. The summed E-state index contributed by atoms with van der Waals surface area (Å²) in [4.78, 5) is 13.1. The van der Waals surface area contributed by atoms with Gasteiger partial charge < -0.3 is 14.9 Å². The molecule has 0 radical (unpaired) electrons. The van der Waals surface area contributed by atoms with Gasteiger partial charge in [-0.1, -0.05) is 0 Å². The number of aliphatic hydroxyl groups is 2. The Morgan fingerprint density at radius 3 is 2.71 bits per heavy atom. The SMILES string of the molecule is C[C@H]1O[C@@H](n2cc(F)c(=O)[nH]c2=S)[C@H](O)[C@@H]1O. The standard InChI is InChI=1S/C9H11FN2O4S/c1-3-5(13)6(14)8(16-3)12-2-4(10)7(15)11-9(12)17/h2-3,5-6,8,13-14H,1H3,(H,11,15,17)/t3-,5-,6-,8-/m1/s1. The molecule has 3 N–H and O–H groups in total. The average Bonchev–Trinajstić information content (AvgIpc) is 2.51. The Hall–Kier alpha value is -1.09. The molecule has 94 valence electrons. The molecule has 1 aromatic heterocycles. The molecule has 2 rings (SSSR count). The summed E-state index contributed by atoms with van der Waals surface area (Å²) in [6.07, 6.45) is -3.09. The van der Waals surface area contributed by atoms with Gasteiger partial charge in [-0.15, -0.1) is 0 Å². The second-order valence-corrected chi connectivity index (χ2v) is 4.24. The van der Waals surface area contributed by atoms with Gasteiger partial charge in [0.05, 0.1) is 12.3 Å². The zero-order valence-corrected chi connectivity index (χ0v) is 9.65. The van der Waals surface area contributed by atoms with Crippen molar-refractivity contribution in [2.24, 2.45) is 0 Å². The van der Waals surface area contributed by atoms with Gasteiger partial charge in [0.1, 0.15) is 12.2 Å². The lowest BCUT2D eigenvalue weighted by atomic mass is 10.1. The van der Waals surface area contributed by atoms with E-state index in [2.05, 4.69) is 4.98 Å². The molecule has 1 fully saturated rings. The Bertz CT molecular complexity index is 543. The third-order valence-corrected chi connectivity index (χ3v) is 2.99. The van der Waals surface area contributed by atoms with Crippen molar-refractivity contribution in [3.05, 3.63) is 27.1 Å². The van der Waals surface area contributed by atoms with Crippen LogP contribution >= 0.6 is 12.2 Å². The maximum Gasteiger partial charge on any atom is 0.287 e. The molecule has 0 aliphatic carbocycles. The van der Waals surface area contributed by atoms with Crippen LogP contribution < -0.4 is 5.56 Å².